The summed E-state index contributed by atoms with van der Waals surface area (Å²) in [4.78, 5) is 23.8. The fourth-order valence-electron chi connectivity index (χ4n) is 2.39. The molecule has 0 radical (unpaired) electrons. The van der Waals surface area contributed by atoms with Crippen LogP contribution in [0.1, 0.15) is 10.4 Å². The van der Waals surface area contributed by atoms with E-state index < -0.39 is 0 Å². The second-order valence-electron chi connectivity index (χ2n) is 5.11. The smallest absolute Gasteiger partial charge is 0.253 e. The normalized spacial score (nSPS) is 16.4. The van der Waals surface area contributed by atoms with E-state index in [1.165, 1.54) is 0 Å². The Balaban J connectivity index is 1.73. The summed E-state index contributed by atoms with van der Waals surface area (Å²) < 4.78 is 0. The number of aromatic amines is 1. The van der Waals surface area contributed by atoms with E-state index in [-0.39, 0.29) is 5.91 Å². The average molecular weight is 270 g/mol. The third kappa shape index (κ3) is 2.58. The highest BCUT2D eigenvalue weighted by atomic mass is 16.2. The summed E-state index contributed by atoms with van der Waals surface area (Å²) in [7, 11) is 2.08. The second-order valence-corrected chi connectivity index (χ2v) is 5.11. The fraction of sp³-hybridized carbons (Fsp3) is 0.333. The zero-order valence-corrected chi connectivity index (χ0v) is 11.5. The number of benzene rings is 1. The lowest BCUT2D eigenvalue weighted by molar-refractivity contribution is 0.0664. The van der Waals surface area contributed by atoms with Gasteiger partial charge in [-0.15, -0.1) is 0 Å². The Bertz CT molecular complexity index is 568. The minimum absolute atomic E-state index is 0.115. The van der Waals surface area contributed by atoms with Gasteiger partial charge in [-0.05, 0) is 19.2 Å². The van der Waals surface area contributed by atoms with Crippen molar-refractivity contribution in [2.75, 3.05) is 33.2 Å². The van der Waals surface area contributed by atoms with Gasteiger partial charge >= 0.3 is 0 Å². The number of hydrogen-bond acceptors (Lipinski definition) is 3. The van der Waals surface area contributed by atoms with Crippen LogP contribution < -0.4 is 0 Å². The van der Waals surface area contributed by atoms with E-state index in [0.717, 1.165) is 43.1 Å². The van der Waals surface area contributed by atoms with E-state index in [1.54, 1.807) is 12.4 Å². The number of hydrogen-bond donors (Lipinski definition) is 1. The molecule has 104 valence electrons. The molecule has 5 heteroatoms. The van der Waals surface area contributed by atoms with Gasteiger partial charge in [0, 0.05) is 49.7 Å². The summed E-state index contributed by atoms with van der Waals surface area (Å²) in [6.45, 7) is 3.48. The van der Waals surface area contributed by atoms with Crippen LogP contribution in [-0.4, -0.2) is 58.9 Å². The number of rotatable bonds is 2. The van der Waals surface area contributed by atoms with E-state index in [2.05, 4.69) is 21.9 Å². The SMILES string of the molecule is CN1CCN(C(=O)c2ccc(-c3ncc[nH]3)cc2)CC1. The number of carbonyl (C=O) groups is 1. The van der Waals surface area contributed by atoms with Crippen LogP contribution in [0.2, 0.25) is 0 Å². The molecule has 0 aliphatic carbocycles. The van der Waals surface area contributed by atoms with Crippen molar-refractivity contribution in [1.82, 2.24) is 19.8 Å². The van der Waals surface area contributed by atoms with Gasteiger partial charge in [-0.3, -0.25) is 4.79 Å². The quantitative estimate of drug-likeness (QED) is 0.899. The maximum Gasteiger partial charge on any atom is 0.253 e. The first-order valence-electron chi connectivity index (χ1n) is 6.82. The predicted molar refractivity (Wildman–Crippen MR) is 77.4 cm³/mol. The van der Waals surface area contributed by atoms with Crippen LogP contribution in [0, 0.1) is 0 Å². The fourth-order valence-corrected chi connectivity index (χ4v) is 2.39. The van der Waals surface area contributed by atoms with Crippen molar-refractivity contribution < 1.29 is 4.79 Å². The third-order valence-electron chi connectivity index (χ3n) is 3.69. The van der Waals surface area contributed by atoms with Gasteiger partial charge < -0.3 is 14.8 Å². The number of nitrogens with zero attached hydrogens (tertiary/aromatic N) is 3. The van der Waals surface area contributed by atoms with Crippen molar-refractivity contribution in [3.05, 3.63) is 42.2 Å². The first-order chi connectivity index (χ1) is 9.74. The van der Waals surface area contributed by atoms with Crippen molar-refractivity contribution in [3.8, 4) is 11.4 Å². The highest BCUT2D eigenvalue weighted by Gasteiger charge is 2.20. The standard InChI is InChI=1S/C15H18N4O/c1-18-8-10-19(11-9-18)15(20)13-4-2-12(3-5-13)14-16-6-7-17-14/h2-7H,8-11H2,1H3,(H,16,17). The summed E-state index contributed by atoms with van der Waals surface area (Å²) in [5.74, 6) is 0.938. The highest BCUT2D eigenvalue weighted by molar-refractivity contribution is 5.94. The van der Waals surface area contributed by atoms with Gasteiger partial charge in [-0.25, -0.2) is 4.98 Å². The largest absolute Gasteiger partial charge is 0.345 e. The van der Waals surface area contributed by atoms with Crippen LogP contribution in [0.4, 0.5) is 0 Å². The molecule has 1 N–H and O–H groups in total. The van der Waals surface area contributed by atoms with Gasteiger partial charge in [-0.1, -0.05) is 12.1 Å². The van der Waals surface area contributed by atoms with E-state index >= 15 is 0 Å². The number of likely N-dealkylation sites (N-methyl/N-ethyl adjacent to an activating group) is 1. The number of amides is 1. The Morgan fingerprint density at radius 1 is 1.15 bits per heavy atom. The van der Waals surface area contributed by atoms with Crippen molar-refractivity contribution >= 4 is 5.91 Å². The van der Waals surface area contributed by atoms with E-state index in [0.29, 0.717) is 0 Å². The van der Waals surface area contributed by atoms with Crippen LogP contribution in [0.3, 0.4) is 0 Å². The minimum atomic E-state index is 0.115. The Morgan fingerprint density at radius 3 is 2.45 bits per heavy atom. The summed E-state index contributed by atoms with van der Waals surface area (Å²) in [5.41, 5.74) is 1.73. The maximum atomic E-state index is 12.4. The van der Waals surface area contributed by atoms with Crippen molar-refractivity contribution in [2.45, 2.75) is 0 Å². The molecule has 1 aromatic carbocycles. The monoisotopic (exact) mass is 270 g/mol. The molecule has 5 nitrogen and oxygen atoms in total. The van der Waals surface area contributed by atoms with Crippen LogP contribution in [0.25, 0.3) is 11.4 Å². The predicted octanol–water partition coefficient (Wildman–Crippen LogP) is 1.46. The van der Waals surface area contributed by atoms with Crippen molar-refractivity contribution in [3.63, 3.8) is 0 Å². The van der Waals surface area contributed by atoms with Gasteiger partial charge in [0.2, 0.25) is 0 Å². The molecule has 1 aromatic heterocycles. The molecule has 0 saturated carbocycles. The highest BCUT2D eigenvalue weighted by Crippen LogP contribution is 2.16. The molecule has 0 atom stereocenters. The molecule has 1 aliphatic heterocycles. The van der Waals surface area contributed by atoms with Crippen LogP contribution in [0.5, 0.6) is 0 Å². The lowest BCUT2D eigenvalue weighted by atomic mass is 10.1. The maximum absolute atomic E-state index is 12.4. The minimum Gasteiger partial charge on any atom is -0.345 e. The molecule has 1 fully saturated rings. The second kappa shape index (κ2) is 5.46. The lowest BCUT2D eigenvalue weighted by Gasteiger charge is -2.32. The summed E-state index contributed by atoms with van der Waals surface area (Å²) >= 11 is 0. The molecule has 0 spiro atoms. The average Bonchev–Trinajstić information content (AvgIpc) is 3.02. The Labute approximate surface area is 118 Å². The van der Waals surface area contributed by atoms with Gasteiger partial charge in [-0.2, -0.15) is 0 Å². The van der Waals surface area contributed by atoms with Gasteiger partial charge in [0.25, 0.3) is 5.91 Å². The van der Waals surface area contributed by atoms with E-state index in [4.69, 9.17) is 0 Å². The summed E-state index contributed by atoms with van der Waals surface area (Å²) in [5, 5.41) is 0. The van der Waals surface area contributed by atoms with Crippen molar-refractivity contribution in [2.24, 2.45) is 0 Å². The molecule has 1 saturated heterocycles. The number of nitrogens with one attached hydrogen (secondary N) is 1. The molecular weight excluding hydrogens is 252 g/mol. The molecule has 0 bridgehead atoms. The van der Waals surface area contributed by atoms with Gasteiger partial charge in [0.05, 0.1) is 0 Å². The van der Waals surface area contributed by atoms with Gasteiger partial charge in [0.15, 0.2) is 0 Å². The lowest BCUT2D eigenvalue weighted by Crippen LogP contribution is -2.47. The zero-order valence-electron chi connectivity index (χ0n) is 11.5. The summed E-state index contributed by atoms with van der Waals surface area (Å²) in [6, 6.07) is 7.61. The van der Waals surface area contributed by atoms with Crippen LogP contribution in [0.15, 0.2) is 36.7 Å². The van der Waals surface area contributed by atoms with Crippen molar-refractivity contribution in [1.29, 1.82) is 0 Å². The Kier molecular flexibility index (Phi) is 3.52. The first-order valence-corrected chi connectivity index (χ1v) is 6.82. The molecule has 2 heterocycles. The molecule has 20 heavy (non-hydrogen) atoms. The molecule has 3 rings (SSSR count). The number of imidazole rings is 1. The third-order valence-corrected chi connectivity index (χ3v) is 3.69. The number of piperazine rings is 1. The van der Waals surface area contributed by atoms with E-state index in [9.17, 15) is 4.79 Å². The number of carbonyl (C=O) groups excluding carboxylic acids is 1. The van der Waals surface area contributed by atoms with E-state index in [1.807, 2.05) is 29.2 Å². The molecule has 0 unspecified atom stereocenters. The topological polar surface area (TPSA) is 52.2 Å². The Hall–Kier alpha value is -2.14. The summed E-state index contributed by atoms with van der Waals surface area (Å²) in [6.07, 6.45) is 3.51. The number of aromatic nitrogens is 2. The molecular formula is C15H18N4O. The van der Waals surface area contributed by atoms with Crippen LogP contribution in [-0.2, 0) is 0 Å². The molecule has 2 aromatic rings. The van der Waals surface area contributed by atoms with Gasteiger partial charge in [0.1, 0.15) is 5.82 Å². The number of H-pyrrole nitrogens is 1. The van der Waals surface area contributed by atoms with Crippen LogP contribution >= 0.6 is 0 Å². The zero-order chi connectivity index (χ0) is 13.9. The Morgan fingerprint density at radius 2 is 1.85 bits per heavy atom. The first kappa shape index (κ1) is 12.9. The molecule has 1 aliphatic rings. The molecule has 1 amide bonds.